The maximum Gasteiger partial charge on any atom is 0.208 e. The number of hydrogen-bond acceptors (Lipinski definition) is 11. The van der Waals surface area contributed by atoms with Crippen molar-refractivity contribution in [2.45, 2.75) is 147 Å². The van der Waals surface area contributed by atoms with Crippen molar-refractivity contribution in [3.05, 3.63) is 83.1 Å². The zero-order valence-electron chi connectivity index (χ0n) is 35.7. The van der Waals surface area contributed by atoms with Gasteiger partial charge in [0.2, 0.25) is 5.70 Å². The third-order valence-electron chi connectivity index (χ3n) is 13.1. The van der Waals surface area contributed by atoms with Crippen molar-refractivity contribution in [2.75, 3.05) is 32.0 Å². The number of benzene rings is 1. The van der Waals surface area contributed by atoms with Gasteiger partial charge in [-0.15, -0.1) is 16.6 Å². The molecule has 2 fully saturated rings. The number of aliphatic hydroxyl groups is 6. The van der Waals surface area contributed by atoms with Crippen LogP contribution < -0.4 is 21.5 Å². The number of aliphatic hydroxyl groups excluding tert-OH is 4. The van der Waals surface area contributed by atoms with Crippen molar-refractivity contribution in [2.24, 2.45) is 28.5 Å². The third kappa shape index (κ3) is 13.4. The zero-order chi connectivity index (χ0) is 42.4. The zero-order valence-corrected chi connectivity index (χ0v) is 35.7. The van der Waals surface area contributed by atoms with Gasteiger partial charge in [0, 0.05) is 44.8 Å². The van der Waals surface area contributed by atoms with Gasteiger partial charge in [-0.05, 0) is 118 Å². The smallest absolute Gasteiger partial charge is 0.208 e. The van der Waals surface area contributed by atoms with Gasteiger partial charge in [-0.3, -0.25) is 0 Å². The molecule has 2 aliphatic carbocycles. The predicted octanol–water partition coefficient (Wildman–Crippen LogP) is 5.55. The lowest BCUT2D eigenvalue weighted by atomic mass is 9.77. The highest BCUT2D eigenvalue weighted by atomic mass is 16.5. The molecule has 0 bridgehead atoms. The van der Waals surface area contributed by atoms with E-state index in [1.165, 1.54) is 25.2 Å². The van der Waals surface area contributed by atoms with Crippen LogP contribution in [0.1, 0.15) is 114 Å². The number of ether oxygens (including phenoxy) is 2. The van der Waals surface area contributed by atoms with E-state index < -0.39 is 12.2 Å². The van der Waals surface area contributed by atoms with Crippen LogP contribution in [0, 0.1) is 29.8 Å². The van der Waals surface area contributed by atoms with Crippen molar-refractivity contribution in [3.8, 4) is 11.5 Å². The van der Waals surface area contributed by atoms with Crippen molar-refractivity contribution in [1.29, 1.82) is 0 Å². The number of aliphatic imine (C=N–C) groups is 1. The first-order valence-corrected chi connectivity index (χ1v) is 22.8. The molecule has 1 unspecified atom stereocenters. The summed E-state index contributed by atoms with van der Waals surface area (Å²) in [5, 5.41) is 55.7. The number of unbranched alkanes of at least 4 members (excludes halogenated alkanes) is 3. The van der Waals surface area contributed by atoms with Crippen LogP contribution in [0.5, 0.6) is 11.5 Å². The number of nitrogens with two attached hydrogens (primary N) is 2. The van der Waals surface area contributed by atoms with Gasteiger partial charge in [-0.25, -0.2) is 4.98 Å². The Balaban J connectivity index is 0.880. The first-order valence-electron chi connectivity index (χ1n) is 22.8. The monoisotopic (exact) mass is 831 g/mol. The largest absolute Gasteiger partial charge is 0.504 e. The van der Waals surface area contributed by atoms with E-state index in [1.807, 2.05) is 30.3 Å². The first kappa shape index (κ1) is 45.9. The molecule has 4 aliphatic rings. The van der Waals surface area contributed by atoms with Crippen LogP contribution >= 0.6 is 0 Å². The molecule has 0 amide bonds. The Morgan fingerprint density at radius 1 is 1.00 bits per heavy atom. The number of aromatic nitrogens is 1. The second-order valence-electron chi connectivity index (χ2n) is 17.8. The summed E-state index contributed by atoms with van der Waals surface area (Å²) < 4.78 is 11.0. The predicted molar refractivity (Wildman–Crippen MR) is 237 cm³/mol. The van der Waals surface area contributed by atoms with Crippen LogP contribution in [0.25, 0.3) is 0 Å². The molecule has 2 aromatic rings. The van der Waals surface area contributed by atoms with Gasteiger partial charge in [0.05, 0.1) is 24.2 Å². The summed E-state index contributed by atoms with van der Waals surface area (Å²) in [5.74, 6) is 3.67. The Morgan fingerprint density at radius 2 is 1.83 bits per heavy atom. The van der Waals surface area contributed by atoms with Crippen LogP contribution in [0.2, 0.25) is 0 Å². The number of hydrogen-bond donors (Lipinski definition) is 8. The van der Waals surface area contributed by atoms with E-state index in [-0.39, 0.29) is 37.2 Å². The van der Waals surface area contributed by atoms with Crippen LogP contribution in [-0.4, -0.2) is 97.7 Å². The second kappa shape index (κ2) is 23.0. The number of rotatable bonds is 25. The summed E-state index contributed by atoms with van der Waals surface area (Å²) in [7, 11) is 0. The minimum atomic E-state index is -0.935. The fraction of sp³-hybridized carbons (Fsp3) is 0.625. The van der Waals surface area contributed by atoms with Gasteiger partial charge in [0.1, 0.15) is 36.2 Å². The van der Waals surface area contributed by atoms with Crippen molar-refractivity contribution in [1.82, 2.24) is 10.3 Å². The summed E-state index contributed by atoms with van der Waals surface area (Å²) in [6.07, 6.45) is 21.3. The highest BCUT2D eigenvalue weighted by molar-refractivity contribution is 6.03. The fourth-order valence-electron chi connectivity index (χ4n) is 9.70. The standard InChI is InChI=1S/C48H71N5O7/c1-31(55)27-51-28-41-39-9-6-7-34(39)14-19-42-40(41)26-43(53-42)45(58)30-59-47-23-32(13-20-44(47)57)12-18-38-25-35(29-54)46(60-38)10-5-3-2-4-8-36(49)15-17-37(56)16-11-33-21-22-52-48(50)24-33/h13,20-26,31,34,36-37,39,41,45-46,51,54-56,58,60H,2-12,14-19,27-30,49H2,1H3,(H2-,50,52,57)/p+1/t31-,34+,36-,37+,39-,41-,45-,46?/m0/s1. The Morgan fingerprint density at radius 3 is 2.65 bits per heavy atom. The summed E-state index contributed by atoms with van der Waals surface area (Å²) >= 11 is 0. The van der Waals surface area contributed by atoms with E-state index in [2.05, 4.69) is 16.4 Å². The molecular weight excluding hydrogens is 759 g/mol. The van der Waals surface area contributed by atoms with Crippen molar-refractivity contribution >= 4 is 11.5 Å². The lowest BCUT2D eigenvalue weighted by Crippen LogP contribution is -2.36. The molecule has 0 spiro atoms. The van der Waals surface area contributed by atoms with Crippen molar-refractivity contribution < 1.29 is 35.0 Å². The molecule has 0 radical (unpaired) electrons. The number of nitrogens with zero attached hydrogens (tertiary/aromatic N) is 2. The minimum absolute atomic E-state index is 0.00261. The van der Waals surface area contributed by atoms with E-state index in [4.69, 9.17) is 25.9 Å². The average Bonchev–Trinajstić information content (AvgIpc) is 3.97. The topological polar surface area (TPSA) is 212 Å². The summed E-state index contributed by atoms with van der Waals surface area (Å²) in [6.45, 7) is 3.12. The van der Waals surface area contributed by atoms with Crippen LogP contribution in [0.4, 0.5) is 5.82 Å². The van der Waals surface area contributed by atoms with E-state index in [0.29, 0.717) is 67.2 Å². The number of pyridine rings is 1. The number of phenols is 1. The number of nitrogens with one attached hydrogen (secondary N) is 1. The quantitative estimate of drug-likeness (QED) is 0.0355. The van der Waals surface area contributed by atoms with E-state index >= 15 is 0 Å². The summed E-state index contributed by atoms with van der Waals surface area (Å²) in [6, 6.07) is 9.23. The maximum absolute atomic E-state index is 11.2. The Hall–Kier alpha value is -3.62. The lowest BCUT2D eigenvalue weighted by Gasteiger charge is -2.26. The number of aryl methyl sites for hydroxylation is 2. The summed E-state index contributed by atoms with van der Waals surface area (Å²) in [5.41, 5.74) is 16.9. The van der Waals surface area contributed by atoms with Crippen molar-refractivity contribution in [3.63, 3.8) is 0 Å². The Labute approximate surface area is 357 Å². The molecule has 1 aromatic heterocycles. The lowest BCUT2D eigenvalue weighted by molar-refractivity contribution is -0.0552. The molecule has 11 N–H and O–H groups in total. The highest BCUT2D eigenvalue weighted by Gasteiger charge is 2.49. The molecule has 3 heterocycles. The van der Waals surface area contributed by atoms with Gasteiger partial charge in [-0.1, -0.05) is 38.2 Å². The third-order valence-corrected chi connectivity index (χ3v) is 13.1. The number of aromatic hydroxyl groups is 1. The number of allylic oxidation sites excluding steroid dienone is 1. The van der Waals surface area contributed by atoms with Gasteiger partial charge in [0.25, 0.3) is 0 Å². The maximum atomic E-state index is 11.2. The molecule has 1 aromatic carbocycles. The van der Waals surface area contributed by atoms with Crippen LogP contribution in [0.3, 0.4) is 0 Å². The fourth-order valence-corrected chi connectivity index (χ4v) is 9.70. The average molecular weight is 831 g/mol. The molecule has 330 valence electrons. The molecular formula is C48H72N5O7+. The number of phenolic OH excluding ortho intramolecular Hbond substituents is 1. The van der Waals surface area contributed by atoms with Gasteiger partial charge in [0.15, 0.2) is 17.6 Å². The number of fused-ring (bicyclic) bond motifs is 2. The summed E-state index contributed by atoms with van der Waals surface area (Å²) in [4.78, 5) is 8.94. The highest BCUT2D eigenvalue weighted by Crippen LogP contribution is 2.48. The molecule has 2 aliphatic heterocycles. The van der Waals surface area contributed by atoms with E-state index in [0.717, 1.165) is 99.3 Å². The second-order valence-corrected chi connectivity index (χ2v) is 17.8. The Kier molecular flexibility index (Phi) is 17.6. The van der Waals surface area contributed by atoms with E-state index in [1.54, 1.807) is 19.2 Å². The first-order chi connectivity index (χ1) is 29.1. The SMILES string of the molecule is C[C@H](O)CNC[C@@H]1[C+]2C=C([C@@H](O)COc3cc(CC[C-]4C=C(CO)C(CCCCCC[C@H](N)CC[C@H](O)CCc5ccnc(N)c5)[OH+]4)ccc3O)N=C2CC[C@H]2CCC[C@@H]21. The number of nitrogen functional groups attached to an aromatic ring is 1. The van der Waals surface area contributed by atoms with Crippen LogP contribution in [-0.2, 0) is 12.8 Å². The molecule has 2 saturated carbocycles. The van der Waals surface area contributed by atoms with Gasteiger partial charge >= 0.3 is 0 Å². The normalized spacial score (nSPS) is 23.3. The molecule has 0 saturated heterocycles. The molecule has 12 nitrogen and oxygen atoms in total. The van der Waals surface area contributed by atoms with Gasteiger partial charge < -0.3 is 51.8 Å². The van der Waals surface area contributed by atoms with Gasteiger partial charge in [-0.2, -0.15) is 0 Å². The Bertz CT molecular complexity index is 1730. The minimum Gasteiger partial charge on any atom is -0.504 e. The molecule has 6 rings (SSSR count). The number of anilines is 1. The molecule has 12 heteroatoms. The van der Waals surface area contributed by atoms with E-state index in [9.17, 15) is 25.5 Å². The molecule has 60 heavy (non-hydrogen) atoms. The molecule has 8 atom stereocenters. The van der Waals surface area contributed by atoms with Crippen LogP contribution in [0.15, 0.2) is 64.9 Å².